The van der Waals surface area contributed by atoms with Gasteiger partial charge in [-0.25, -0.2) is 0 Å². The molecule has 0 aromatic heterocycles. The van der Waals surface area contributed by atoms with Gasteiger partial charge >= 0.3 is 0 Å². The predicted molar refractivity (Wildman–Crippen MR) is 108 cm³/mol. The van der Waals surface area contributed by atoms with Crippen LogP contribution in [-0.4, -0.2) is 61.7 Å². The monoisotopic (exact) mass is 462 g/mol. The van der Waals surface area contributed by atoms with Crippen molar-refractivity contribution in [2.75, 3.05) is 26.7 Å². The molecule has 2 bridgehead atoms. The van der Waals surface area contributed by atoms with E-state index < -0.39 is 0 Å². The van der Waals surface area contributed by atoms with Crippen molar-refractivity contribution < 1.29 is 9.53 Å². The first-order valence-electron chi connectivity index (χ1n) is 9.65. The van der Waals surface area contributed by atoms with Gasteiger partial charge < -0.3 is 20.3 Å². The Morgan fingerprint density at radius 3 is 2.32 bits per heavy atom. The zero-order chi connectivity index (χ0) is 16.5. The van der Waals surface area contributed by atoms with E-state index in [2.05, 4.69) is 20.5 Å². The molecule has 1 aliphatic carbocycles. The average Bonchev–Trinajstić information content (AvgIpc) is 3.29. The van der Waals surface area contributed by atoms with Gasteiger partial charge in [-0.05, 0) is 25.7 Å². The summed E-state index contributed by atoms with van der Waals surface area (Å²) in [5.74, 6) is 2.25. The second-order valence-electron chi connectivity index (χ2n) is 7.83. The Hall–Kier alpha value is -0.570. The van der Waals surface area contributed by atoms with Crippen LogP contribution in [0.1, 0.15) is 44.9 Å². The van der Waals surface area contributed by atoms with E-state index in [4.69, 9.17) is 4.74 Å². The van der Waals surface area contributed by atoms with Crippen LogP contribution in [0.2, 0.25) is 0 Å². The number of hydrogen-bond acceptors (Lipinski definition) is 3. The Labute approximate surface area is 167 Å². The number of carbonyl (C=O) groups excluding carboxylic acids is 1. The van der Waals surface area contributed by atoms with E-state index in [1.807, 2.05) is 0 Å². The molecule has 4 atom stereocenters. The number of carbonyl (C=O) groups is 1. The number of halogens is 1. The number of nitrogens with one attached hydrogen (secondary N) is 2. The van der Waals surface area contributed by atoms with Gasteiger partial charge in [-0.2, -0.15) is 0 Å². The van der Waals surface area contributed by atoms with Gasteiger partial charge in [0.05, 0.1) is 18.8 Å². The molecule has 3 saturated heterocycles. The Morgan fingerprint density at radius 2 is 1.72 bits per heavy atom. The number of nitrogens with zero attached hydrogens (tertiary/aromatic N) is 2. The quantitative estimate of drug-likeness (QED) is 0.381. The minimum absolute atomic E-state index is 0. The van der Waals surface area contributed by atoms with Crippen LogP contribution in [0.4, 0.5) is 0 Å². The van der Waals surface area contributed by atoms with E-state index in [-0.39, 0.29) is 29.9 Å². The number of hydrogen-bond donors (Lipinski definition) is 2. The van der Waals surface area contributed by atoms with Crippen molar-refractivity contribution in [2.24, 2.45) is 16.8 Å². The summed E-state index contributed by atoms with van der Waals surface area (Å²) in [4.78, 5) is 18.9. The molecule has 3 heterocycles. The van der Waals surface area contributed by atoms with Crippen molar-refractivity contribution in [3.05, 3.63) is 0 Å². The second kappa shape index (κ2) is 8.41. The molecule has 2 N–H and O–H groups in total. The number of ether oxygens (including phenoxy) is 1. The molecule has 6 nitrogen and oxygen atoms in total. The molecule has 4 rings (SSSR count). The topological polar surface area (TPSA) is 66.0 Å². The largest absolute Gasteiger partial charge is 0.374 e. The minimum Gasteiger partial charge on any atom is -0.374 e. The third kappa shape index (κ3) is 4.07. The van der Waals surface area contributed by atoms with Crippen LogP contribution in [0, 0.1) is 11.8 Å². The molecule has 25 heavy (non-hydrogen) atoms. The summed E-state index contributed by atoms with van der Waals surface area (Å²) < 4.78 is 6.03. The van der Waals surface area contributed by atoms with E-state index in [0.717, 1.165) is 31.9 Å². The highest BCUT2D eigenvalue weighted by Crippen LogP contribution is 2.47. The van der Waals surface area contributed by atoms with Crippen molar-refractivity contribution in [1.29, 1.82) is 0 Å². The molecule has 0 spiro atoms. The molecule has 4 aliphatic rings. The molecular weight excluding hydrogens is 431 g/mol. The van der Waals surface area contributed by atoms with Gasteiger partial charge in [0.25, 0.3) is 0 Å². The molecule has 7 heteroatoms. The van der Waals surface area contributed by atoms with Gasteiger partial charge in [-0.15, -0.1) is 24.0 Å². The van der Waals surface area contributed by atoms with Gasteiger partial charge in [0.2, 0.25) is 5.91 Å². The van der Waals surface area contributed by atoms with Gasteiger partial charge in [-0.3, -0.25) is 9.79 Å². The molecule has 4 unspecified atom stereocenters. The van der Waals surface area contributed by atoms with Crippen molar-refractivity contribution in [3.63, 3.8) is 0 Å². The Kier molecular flexibility index (Phi) is 6.46. The maximum Gasteiger partial charge on any atom is 0.239 e. The predicted octanol–water partition coefficient (Wildman–Crippen LogP) is 1.74. The molecule has 1 saturated carbocycles. The van der Waals surface area contributed by atoms with Crippen LogP contribution >= 0.6 is 24.0 Å². The number of likely N-dealkylation sites (tertiary alicyclic amines) is 1. The lowest BCUT2D eigenvalue weighted by atomic mass is 9.82. The van der Waals surface area contributed by atoms with Crippen LogP contribution in [0.3, 0.4) is 0 Å². The zero-order valence-electron chi connectivity index (χ0n) is 15.1. The first-order chi connectivity index (χ1) is 11.7. The molecular formula is C18H31IN4O2. The number of aliphatic imine (C=N–C) groups is 1. The molecule has 142 valence electrons. The summed E-state index contributed by atoms with van der Waals surface area (Å²) >= 11 is 0. The fourth-order valence-corrected chi connectivity index (χ4v) is 5.15. The molecule has 0 aromatic rings. The number of fused-ring (bicyclic) bond motifs is 5. The van der Waals surface area contributed by atoms with Crippen molar-refractivity contribution in [2.45, 2.75) is 63.2 Å². The maximum atomic E-state index is 12.2. The van der Waals surface area contributed by atoms with E-state index >= 15 is 0 Å². The van der Waals surface area contributed by atoms with E-state index in [9.17, 15) is 4.79 Å². The van der Waals surface area contributed by atoms with Gasteiger partial charge in [0.1, 0.15) is 0 Å². The Morgan fingerprint density at radius 1 is 1.08 bits per heavy atom. The van der Waals surface area contributed by atoms with E-state index in [1.54, 1.807) is 7.05 Å². The highest BCUT2D eigenvalue weighted by atomic mass is 127. The van der Waals surface area contributed by atoms with E-state index in [1.165, 1.54) is 32.1 Å². The molecule has 0 aromatic carbocycles. The first-order valence-corrected chi connectivity index (χ1v) is 9.65. The SMILES string of the molecule is CN=C(NCC(=O)NC1CCCCC1)N1CC2C3CCC(O3)C2C1.I. The normalized spacial score (nSPS) is 34.6. The average molecular weight is 462 g/mol. The fraction of sp³-hybridized carbons (Fsp3) is 0.889. The lowest BCUT2D eigenvalue weighted by Crippen LogP contribution is -2.47. The summed E-state index contributed by atoms with van der Waals surface area (Å²) in [5, 5.41) is 6.42. The fourth-order valence-electron chi connectivity index (χ4n) is 5.15. The van der Waals surface area contributed by atoms with E-state index in [0.29, 0.717) is 36.6 Å². The van der Waals surface area contributed by atoms with Crippen molar-refractivity contribution in [1.82, 2.24) is 15.5 Å². The van der Waals surface area contributed by atoms with Crippen LogP contribution in [0.15, 0.2) is 4.99 Å². The molecule has 4 fully saturated rings. The Balaban J connectivity index is 0.00000182. The van der Waals surface area contributed by atoms with Gasteiger partial charge in [0, 0.05) is 38.0 Å². The first kappa shape index (κ1) is 19.2. The van der Waals surface area contributed by atoms with Gasteiger partial charge in [-0.1, -0.05) is 19.3 Å². The zero-order valence-corrected chi connectivity index (χ0v) is 17.4. The van der Waals surface area contributed by atoms with Crippen LogP contribution in [-0.2, 0) is 9.53 Å². The smallest absolute Gasteiger partial charge is 0.239 e. The lowest BCUT2D eigenvalue weighted by Gasteiger charge is -2.25. The third-order valence-electron chi connectivity index (χ3n) is 6.34. The second-order valence-corrected chi connectivity index (χ2v) is 7.83. The summed E-state index contributed by atoms with van der Waals surface area (Å²) in [7, 11) is 1.81. The minimum atomic E-state index is 0. The summed E-state index contributed by atoms with van der Waals surface area (Å²) in [6.07, 6.45) is 9.38. The van der Waals surface area contributed by atoms with Crippen LogP contribution in [0.25, 0.3) is 0 Å². The molecule has 1 amide bonds. The number of rotatable bonds is 3. The van der Waals surface area contributed by atoms with Crippen LogP contribution < -0.4 is 10.6 Å². The molecule has 3 aliphatic heterocycles. The number of guanidine groups is 1. The van der Waals surface area contributed by atoms with Gasteiger partial charge in [0.15, 0.2) is 5.96 Å². The van der Waals surface area contributed by atoms with Crippen molar-refractivity contribution in [3.8, 4) is 0 Å². The molecule has 0 radical (unpaired) electrons. The summed E-state index contributed by atoms with van der Waals surface area (Å²) in [6.45, 7) is 2.34. The summed E-state index contributed by atoms with van der Waals surface area (Å²) in [5.41, 5.74) is 0. The third-order valence-corrected chi connectivity index (χ3v) is 6.34. The highest BCUT2D eigenvalue weighted by molar-refractivity contribution is 14.0. The van der Waals surface area contributed by atoms with Crippen molar-refractivity contribution >= 4 is 35.8 Å². The highest BCUT2D eigenvalue weighted by Gasteiger charge is 2.53. The standard InChI is InChI=1S/C18H30N4O2.HI/c1-19-18(20-9-17(23)21-12-5-3-2-4-6-12)22-10-13-14(11-22)16-8-7-15(13)24-16;/h12-16H,2-11H2,1H3,(H,19,20)(H,21,23);1H. The Bertz CT molecular complexity index is 491. The van der Waals surface area contributed by atoms with Crippen LogP contribution in [0.5, 0.6) is 0 Å². The number of amides is 1. The summed E-state index contributed by atoms with van der Waals surface area (Å²) in [6, 6.07) is 0.369. The lowest BCUT2D eigenvalue weighted by molar-refractivity contribution is -0.120. The maximum absolute atomic E-state index is 12.2.